The number of carbonyl (C=O) groups is 1. The van der Waals surface area contributed by atoms with E-state index >= 15 is 0 Å². The van der Waals surface area contributed by atoms with Gasteiger partial charge in [-0.15, -0.1) is 0 Å². The maximum absolute atomic E-state index is 13.1. The Labute approximate surface area is 147 Å². The topological polar surface area (TPSA) is 58.6 Å². The monoisotopic (exact) mass is 338 g/mol. The SMILES string of the molecule is COc1ncnc2c1CN([C@H](C)C(=O)N1CCc3ccccc31)CC2. The van der Waals surface area contributed by atoms with Gasteiger partial charge in [-0.25, -0.2) is 9.97 Å². The minimum absolute atomic E-state index is 0.157. The molecule has 0 N–H and O–H groups in total. The Hall–Kier alpha value is -2.47. The number of aromatic nitrogens is 2. The first-order chi connectivity index (χ1) is 12.2. The largest absolute Gasteiger partial charge is 0.481 e. The molecule has 0 fully saturated rings. The van der Waals surface area contributed by atoms with Gasteiger partial charge < -0.3 is 9.64 Å². The van der Waals surface area contributed by atoms with Crippen molar-refractivity contribution in [2.75, 3.05) is 25.1 Å². The summed E-state index contributed by atoms with van der Waals surface area (Å²) in [5, 5.41) is 0. The van der Waals surface area contributed by atoms with E-state index in [1.807, 2.05) is 30.0 Å². The van der Waals surface area contributed by atoms with Gasteiger partial charge in [0.25, 0.3) is 0 Å². The number of para-hydroxylation sites is 1. The average Bonchev–Trinajstić information content (AvgIpc) is 3.10. The Bertz CT molecular complexity index is 794. The lowest BCUT2D eigenvalue weighted by atomic mass is 10.0. The highest BCUT2D eigenvalue weighted by atomic mass is 16.5. The Kier molecular flexibility index (Phi) is 4.13. The summed E-state index contributed by atoms with van der Waals surface area (Å²) < 4.78 is 5.37. The zero-order chi connectivity index (χ0) is 17.4. The second-order valence-corrected chi connectivity index (χ2v) is 6.57. The van der Waals surface area contributed by atoms with Gasteiger partial charge in [-0.1, -0.05) is 18.2 Å². The zero-order valence-corrected chi connectivity index (χ0v) is 14.6. The second-order valence-electron chi connectivity index (χ2n) is 6.57. The van der Waals surface area contributed by atoms with Crippen LogP contribution in [0.25, 0.3) is 0 Å². The van der Waals surface area contributed by atoms with Gasteiger partial charge in [0.05, 0.1) is 18.8 Å². The van der Waals surface area contributed by atoms with E-state index in [1.165, 1.54) is 5.56 Å². The molecule has 6 heteroatoms. The molecule has 0 unspecified atom stereocenters. The number of anilines is 1. The van der Waals surface area contributed by atoms with E-state index in [9.17, 15) is 4.79 Å². The number of methoxy groups -OCH3 is 1. The molecule has 130 valence electrons. The highest BCUT2D eigenvalue weighted by Crippen LogP contribution is 2.30. The first kappa shape index (κ1) is 16.0. The molecule has 3 heterocycles. The van der Waals surface area contributed by atoms with Crippen LogP contribution in [0, 0.1) is 0 Å². The molecule has 0 aliphatic carbocycles. The van der Waals surface area contributed by atoms with Crippen LogP contribution in [-0.4, -0.2) is 47.0 Å². The number of carbonyl (C=O) groups excluding carboxylic acids is 1. The standard InChI is InChI=1S/C19H22N4O2/c1-13(19(24)23-10-7-14-5-3-4-6-17(14)23)22-9-8-16-15(11-22)18(25-2)21-12-20-16/h3-6,12-13H,7-11H2,1-2H3/t13-/m1/s1. The molecule has 4 rings (SSSR count). The van der Waals surface area contributed by atoms with E-state index in [0.717, 1.165) is 42.9 Å². The van der Waals surface area contributed by atoms with Gasteiger partial charge in [-0.2, -0.15) is 0 Å². The van der Waals surface area contributed by atoms with Gasteiger partial charge in [0, 0.05) is 37.3 Å². The van der Waals surface area contributed by atoms with Crippen molar-refractivity contribution < 1.29 is 9.53 Å². The van der Waals surface area contributed by atoms with Crippen LogP contribution in [0.15, 0.2) is 30.6 Å². The fourth-order valence-electron chi connectivity index (χ4n) is 3.79. The number of nitrogens with zero attached hydrogens (tertiary/aromatic N) is 4. The molecule has 1 aromatic heterocycles. The molecule has 0 radical (unpaired) electrons. The first-order valence-electron chi connectivity index (χ1n) is 8.69. The van der Waals surface area contributed by atoms with Gasteiger partial charge in [-0.05, 0) is 25.0 Å². The normalized spacial score (nSPS) is 17.8. The Morgan fingerprint density at radius 1 is 1.20 bits per heavy atom. The number of fused-ring (bicyclic) bond motifs is 2. The smallest absolute Gasteiger partial charge is 0.244 e. The molecule has 6 nitrogen and oxygen atoms in total. The van der Waals surface area contributed by atoms with Crippen molar-refractivity contribution in [1.82, 2.24) is 14.9 Å². The van der Waals surface area contributed by atoms with Crippen LogP contribution in [0.5, 0.6) is 5.88 Å². The number of ether oxygens (including phenoxy) is 1. The Morgan fingerprint density at radius 2 is 2.04 bits per heavy atom. The van der Waals surface area contributed by atoms with Crippen LogP contribution in [0.2, 0.25) is 0 Å². The van der Waals surface area contributed by atoms with E-state index < -0.39 is 0 Å². The van der Waals surface area contributed by atoms with Crippen LogP contribution in [0.4, 0.5) is 5.69 Å². The highest BCUT2D eigenvalue weighted by molar-refractivity contribution is 5.98. The zero-order valence-electron chi connectivity index (χ0n) is 14.6. The van der Waals surface area contributed by atoms with E-state index in [1.54, 1.807) is 13.4 Å². The number of rotatable bonds is 3. The molecular weight excluding hydrogens is 316 g/mol. The predicted molar refractivity (Wildman–Crippen MR) is 94.7 cm³/mol. The van der Waals surface area contributed by atoms with Gasteiger partial charge in [0.1, 0.15) is 6.33 Å². The molecule has 2 aliphatic rings. The lowest BCUT2D eigenvalue weighted by Crippen LogP contribution is -2.48. The lowest BCUT2D eigenvalue weighted by Gasteiger charge is -2.34. The summed E-state index contributed by atoms with van der Waals surface area (Å²) in [6.07, 6.45) is 3.28. The minimum atomic E-state index is -0.191. The maximum atomic E-state index is 13.1. The van der Waals surface area contributed by atoms with Crippen LogP contribution in [0.1, 0.15) is 23.7 Å². The minimum Gasteiger partial charge on any atom is -0.481 e. The molecular formula is C19H22N4O2. The Morgan fingerprint density at radius 3 is 2.88 bits per heavy atom. The molecule has 0 spiro atoms. The summed E-state index contributed by atoms with van der Waals surface area (Å²) in [6.45, 7) is 4.21. The van der Waals surface area contributed by atoms with Crippen LogP contribution < -0.4 is 9.64 Å². The fourth-order valence-corrected chi connectivity index (χ4v) is 3.79. The average molecular weight is 338 g/mol. The molecule has 1 atom stereocenters. The van der Waals surface area contributed by atoms with E-state index in [4.69, 9.17) is 4.74 Å². The van der Waals surface area contributed by atoms with Crippen molar-refractivity contribution in [3.05, 3.63) is 47.4 Å². The van der Waals surface area contributed by atoms with Crippen molar-refractivity contribution in [3.63, 3.8) is 0 Å². The number of hydrogen-bond donors (Lipinski definition) is 0. The number of hydrogen-bond acceptors (Lipinski definition) is 5. The van der Waals surface area contributed by atoms with Gasteiger partial charge in [0.2, 0.25) is 11.8 Å². The van der Waals surface area contributed by atoms with Crippen molar-refractivity contribution >= 4 is 11.6 Å². The molecule has 0 saturated heterocycles. The number of amides is 1. The van der Waals surface area contributed by atoms with Crippen molar-refractivity contribution in [3.8, 4) is 5.88 Å². The van der Waals surface area contributed by atoms with Gasteiger partial charge >= 0.3 is 0 Å². The second kappa shape index (κ2) is 6.44. The quantitative estimate of drug-likeness (QED) is 0.854. The molecule has 2 aromatic rings. The third kappa shape index (κ3) is 2.76. The Balaban J connectivity index is 1.54. The molecule has 0 saturated carbocycles. The molecule has 1 amide bonds. The van der Waals surface area contributed by atoms with E-state index in [0.29, 0.717) is 12.4 Å². The molecule has 25 heavy (non-hydrogen) atoms. The first-order valence-corrected chi connectivity index (χ1v) is 8.69. The van der Waals surface area contributed by atoms with Crippen LogP contribution in [0.3, 0.4) is 0 Å². The highest BCUT2D eigenvalue weighted by Gasteiger charge is 2.33. The summed E-state index contributed by atoms with van der Waals surface area (Å²) in [7, 11) is 1.62. The summed E-state index contributed by atoms with van der Waals surface area (Å²) >= 11 is 0. The van der Waals surface area contributed by atoms with Gasteiger partial charge in [0.15, 0.2) is 0 Å². The molecule has 0 bridgehead atoms. The fraction of sp³-hybridized carbons (Fsp3) is 0.421. The van der Waals surface area contributed by atoms with Gasteiger partial charge in [-0.3, -0.25) is 9.69 Å². The summed E-state index contributed by atoms with van der Waals surface area (Å²) in [4.78, 5) is 25.8. The van der Waals surface area contributed by atoms with Crippen molar-refractivity contribution in [1.29, 1.82) is 0 Å². The summed E-state index contributed by atoms with van der Waals surface area (Å²) in [5.41, 5.74) is 4.33. The van der Waals surface area contributed by atoms with Crippen molar-refractivity contribution in [2.45, 2.75) is 32.4 Å². The number of benzene rings is 1. The molecule has 2 aliphatic heterocycles. The van der Waals surface area contributed by atoms with Crippen LogP contribution >= 0.6 is 0 Å². The lowest BCUT2D eigenvalue weighted by molar-refractivity contribution is -0.123. The summed E-state index contributed by atoms with van der Waals surface area (Å²) in [6, 6.07) is 7.98. The maximum Gasteiger partial charge on any atom is 0.244 e. The molecule has 1 aromatic carbocycles. The van der Waals surface area contributed by atoms with E-state index in [2.05, 4.69) is 20.9 Å². The van der Waals surface area contributed by atoms with E-state index in [-0.39, 0.29) is 11.9 Å². The third-order valence-corrected chi connectivity index (χ3v) is 5.24. The third-order valence-electron chi connectivity index (χ3n) is 5.24. The van der Waals surface area contributed by atoms with Crippen LogP contribution in [-0.2, 0) is 24.2 Å². The summed E-state index contributed by atoms with van der Waals surface area (Å²) in [5.74, 6) is 0.769. The predicted octanol–water partition coefficient (Wildman–Crippen LogP) is 1.82. The van der Waals surface area contributed by atoms with Crippen molar-refractivity contribution in [2.24, 2.45) is 0 Å².